The first kappa shape index (κ1) is 16.2. The van der Waals surface area contributed by atoms with E-state index in [0.717, 1.165) is 0 Å². The average Bonchev–Trinajstić information content (AvgIpc) is 2.48. The van der Waals surface area contributed by atoms with Crippen molar-refractivity contribution in [3.8, 4) is 6.07 Å². The Kier molecular flexibility index (Phi) is 5.34. The number of nitrogens with one attached hydrogen (secondary N) is 1. The Morgan fingerprint density at radius 3 is 2.68 bits per heavy atom. The van der Waals surface area contributed by atoms with Crippen LogP contribution in [0.2, 0.25) is 5.02 Å². The second kappa shape index (κ2) is 7.23. The molecule has 22 heavy (non-hydrogen) atoms. The highest BCUT2D eigenvalue weighted by atomic mass is 35.5. The van der Waals surface area contributed by atoms with Gasteiger partial charge in [-0.05, 0) is 25.0 Å². The lowest BCUT2D eigenvalue weighted by Gasteiger charge is -2.32. The molecule has 1 aromatic rings. The second-order valence-electron chi connectivity index (χ2n) is 5.06. The molecule has 2 amide bonds. The smallest absolute Gasteiger partial charge is 0.255 e. The van der Waals surface area contributed by atoms with Gasteiger partial charge in [-0.3, -0.25) is 9.59 Å². The van der Waals surface area contributed by atoms with E-state index < -0.39 is 11.7 Å². The van der Waals surface area contributed by atoms with E-state index in [0.29, 0.717) is 25.9 Å². The molecule has 0 spiro atoms. The van der Waals surface area contributed by atoms with Gasteiger partial charge in [0.1, 0.15) is 12.2 Å². The molecule has 0 aromatic heterocycles. The minimum Gasteiger partial charge on any atom is -0.349 e. The molecule has 0 saturated carbocycles. The number of nitrogens with zero attached hydrogens (tertiary/aromatic N) is 2. The van der Waals surface area contributed by atoms with Crippen molar-refractivity contribution in [2.24, 2.45) is 0 Å². The molecule has 0 bridgehead atoms. The molecule has 1 saturated heterocycles. The van der Waals surface area contributed by atoms with Gasteiger partial charge in [0.25, 0.3) is 5.91 Å². The first-order valence-corrected chi connectivity index (χ1v) is 7.30. The fourth-order valence-corrected chi connectivity index (χ4v) is 2.67. The summed E-state index contributed by atoms with van der Waals surface area (Å²) in [5.41, 5.74) is -0.160. The molecule has 0 atom stereocenters. The normalized spacial score (nSPS) is 15.2. The Morgan fingerprint density at radius 1 is 1.41 bits per heavy atom. The standard InChI is InChI=1S/C15H15ClFN3O2/c16-11-2-1-3-12(17)14(11)15(22)19-10-5-8-20(9-6-10)13(21)4-7-18/h1-3,10H,4-6,8-9H2,(H,19,22). The maximum atomic E-state index is 13.7. The number of likely N-dealkylation sites (tertiary alicyclic amines) is 1. The number of hydrogen-bond acceptors (Lipinski definition) is 3. The molecule has 0 unspecified atom stereocenters. The van der Waals surface area contributed by atoms with E-state index in [2.05, 4.69) is 5.32 Å². The van der Waals surface area contributed by atoms with Crippen LogP contribution in [-0.4, -0.2) is 35.8 Å². The number of benzene rings is 1. The summed E-state index contributed by atoms with van der Waals surface area (Å²) in [5.74, 6) is -1.42. The summed E-state index contributed by atoms with van der Waals surface area (Å²) in [6.07, 6.45) is 0.992. The summed E-state index contributed by atoms with van der Waals surface area (Å²) in [6.45, 7) is 0.937. The van der Waals surface area contributed by atoms with Crippen LogP contribution >= 0.6 is 11.6 Å². The van der Waals surface area contributed by atoms with Crippen LogP contribution in [0.15, 0.2) is 18.2 Å². The van der Waals surface area contributed by atoms with Gasteiger partial charge >= 0.3 is 0 Å². The second-order valence-corrected chi connectivity index (χ2v) is 5.47. The molecule has 1 fully saturated rings. The zero-order chi connectivity index (χ0) is 16.1. The highest BCUT2D eigenvalue weighted by Gasteiger charge is 2.25. The van der Waals surface area contributed by atoms with Crippen molar-refractivity contribution in [2.45, 2.75) is 25.3 Å². The van der Waals surface area contributed by atoms with E-state index >= 15 is 0 Å². The lowest BCUT2D eigenvalue weighted by atomic mass is 10.0. The van der Waals surface area contributed by atoms with Crippen LogP contribution in [0.25, 0.3) is 0 Å². The summed E-state index contributed by atoms with van der Waals surface area (Å²) in [6, 6.07) is 5.76. The molecule has 5 nitrogen and oxygen atoms in total. The molecule has 1 aliphatic heterocycles. The fraction of sp³-hybridized carbons (Fsp3) is 0.400. The number of rotatable bonds is 3. The molecule has 0 aliphatic carbocycles. The van der Waals surface area contributed by atoms with Crippen LogP contribution in [0.4, 0.5) is 4.39 Å². The van der Waals surface area contributed by atoms with Gasteiger partial charge in [0, 0.05) is 19.1 Å². The summed E-state index contributed by atoms with van der Waals surface area (Å²) in [7, 11) is 0. The third kappa shape index (κ3) is 3.74. The van der Waals surface area contributed by atoms with Gasteiger partial charge in [0.2, 0.25) is 5.91 Å². The monoisotopic (exact) mass is 323 g/mol. The third-order valence-corrected chi connectivity index (χ3v) is 3.92. The minimum absolute atomic E-state index is 0.0686. The lowest BCUT2D eigenvalue weighted by molar-refractivity contribution is -0.131. The van der Waals surface area contributed by atoms with E-state index in [4.69, 9.17) is 16.9 Å². The molecule has 7 heteroatoms. The molecule has 1 aromatic carbocycles. The predicted molar refractivity (Wildman–Crippen MR) is 78.7 cm³/mol. The van der Waals surface area contributed by atoms with Gasteiger partial charge in [0.05, 0.1) is 16.7 Å². The van der Waals surface area contributed by atoms with Crippen molar-refractivity contribution in [3.63, 3.8) is 0 Å². The van der Waals surface area contributed by atoms with Crippen LogP contribution in [0.3, 0.4) is 0 Å². The third-order valence-electron chi connectivity index (χ3n) is 3.60. The van der Waals surface area contributed by atoms with Gasteiger partial charge < -0.3 is 10.2 Å². The number of carbonyl (C=O) groups excluding carboxylic acids is 2. The van der Waals surface area contributed by atoms with Crippen LogP contribution in [-0.2, 0) is 4.79 Å². The van der Waals surface area contributed by atoms with E-state index in [1.54, 1.807) is 4.90 Å². The number of piperidine rings is 1. The molecule has 1 heterocycles. The zero-order valence-corrected chi connectivity index (χ0v) is 12.6. The van der Waals surface area contributed by atoms with Crippen molar-refractivity contribution in [2.75, 3.05) is 13.1 Å². The van der Waals surface area contributed by atoms with Gasteiger partial charge in [-0.15, -0.1) is 0 Å². The number of amides is 2. The van der Waals surface area contributed by atoms with Crippen LogP contribution in [0.5, 0.6) is 0 Å². The van der Waals surface area contributed by atoms with E-state index in [-0.39, 0.29) is 29.0 Å². The van der Waals surface area contributed by atoms with Crippen LogP contribution < -0.4 is 5.32 Å². The van der Waals surface area contributed by atoms with Crippen LogP contribution in [0.1, 0.15) is 29.6 Å². The van der Waals surface area contributed by atoms with E-state index in [1.165, 1.54) is 18.2 Å². The zero-order valence-electron chi connectivity index (χ0n) is 11.8. The topological polar surface area (TPSA) is 73.2 Å². The Hall–Kier alpha value is -2.13. The fourth-order valence-electron chi connectivity index (χ4n) is 2.42. The Bertz CT molecular complexity index is 601. The minimum atomic E-state index is -0.661. The van der Waals surface area contributed by atoms with E-state index in [1.807, 2.05) is 6.07 Å². The SMILES string of the molecule is N#CCC(=O)N1CCC(NC(=O)c2c(F)cccc2Cl)CC1. The van der Waals surface area contributed by atoms with E-state index in [9.17, 15) is 14.0 Å². The Balaban J connectivity index is 1.92. The van der Waals surface area contributed by atoms with Crippen molar-refractivity contribution in [1.29, 1.82) is 5.26 Å². The average molecular weight is 324 g/mol. The summed E-state index contributed by atoms with van der Waals surface area (Å²) < 4.78 is 13.7. The van der Waals surface area contributed by atoms with Gasteiger partial charge in [-0.1, -0.05) is 17.7 Å². The molecule has 116 valence electrons. The van der Waals surface area contributed by atoms with Gasteiger partial charge in [0.15, 0.2) is 0 Å². The highest BCUT2D eigenvalue weighted by molar-refractivity contribution is 6.33. The van der Waals surface area contributed by atoms with Crippen molar-refractivity contribution in [1.82, 2.24) is 10.2 Å². The lowest BCUT2D eigenvalue weighted by Crippen LogP contribution is -2.46. The number of halogens is 2. The van der Waals surface area contributed by atoms with Crippen LogP contribution in [0, 0.1) is 17.1 Å². The summed E-state index contributed by atoms with van der Waals surface area (Å²) >= 11 is 5.86. The first-order chi connectivity index (χ1) is 10.5. The first-order valence-electron chi connectivity index (χ1n) is 6.92. The van der Waals surface area contributed by atoms with Gasteiger partial charge in [-0.2, -0.15) is 5.26 Å². The van der Waals surface area contributed by atoms with Crippen molar-refractivity contribution < 1.29 is 14.0 Å². The molecule has 2 rings (SSSR count). The summed E-state index contributed by atoms with van der Waals surface area (Å²) in [4.78, 5) is 25.3. The molecule has 0 radical (unpaired) electrons. The predicted octanol–water partition coefficient (Wildman–Crippen LogP) is 2.11. The maximum absolute atomic E-state index is 13.7. The number of carbonyl (C=O) groups is 2. The largest absolute Gasteiger partial charge is 0.349 e. The highest BCUT2D eigenvalue weighted by Crippen LogP contribution is 2.20. The number of nitriles is 1. The number of hydrogen-bond donors (Lipinski definition) is 1. The van der Waals surface area contributed by atoms with Crippen molar-refractivity contribution >= 4 is 23.4 Å². The molecular weight excluding hydrogens is 309 g/mol. The Morgan fingerprint density at radius 2 is 2.09 bits per heavy atom. The van der Waals surface area contributed by atoms with Gasteiger partial charge in [-0.25, -0.2) is 4.39 Å². The molecule has 1 N–H and O–H groups in total. The van der Waals surface area contributed by atoms with Crippen molar-refractivity contribution in [3.05, 3.63) is 34.6 Å². The Labute approximate surface area is 132 Å². The summed E-state index contributed by atoms with van der Waals surface area (Å²) in [5, 5.41) is 11.3. The maximum Gasteiger partial charge on any atom is 0.255 e. The molecular formula is C15H15ClFN3O2. The molecule has 1 aliphatic rings. The quantitative estimate of drug-likeness (QED) is 0.926.